The first-order chi connectivity index (χ1) is 7.09. The van der Waals surface area contributed by atoms with Gasteiger partial charge in [-0.2, -0.15) is 11.3 Å². The number of carboxylic acids is 1. The average molecular weight is 222 g/mol. The van der Waals surface area contributed by atoms with Crippen LogP contribution in [-0.2, 0) is 0 Å². The summed E-state index contributed by atoms with van der Waals surface area (Å²) in [5.41, 5.74) is 1.94. The van der Waals surface area contributed by atoms with E-state index in [4.69, 9.17) is 9.52 Å². The van der Waals surface area contributed by atoms with Crippen LogP contribution in [-0.4, -0.2) is 11.1 Å². The van der Waals surface area contributed by atoms with Crippen LogP contribution < -0.4 is 0 Å². The second-order valence-corrected chi connectivity index (χ2v) is 4.07. The fourth-order valence-electron chi connectivity index (χ4n) is 1.57. The number of hydrogen-bond donors (Lipinski definition) is 1. The molecule has 0 bridgehead atoms. The highest BCUT2D eigenvalue weighted by Crippen LogP contribution is 2.31. The van der Waals surface area contributed by atoms with Gasteiger partial charge < -0.3 is 9.52 Å². The molecule has 0 fully saturated rings. The predicted octanol–water partition coefficient (Wildman–Crippen LogP) is 3.32. The van der Waals surface area contributed by atoms with E-state index in [-0.39, 0.29) is 0 Å². The quantitative estimate of drug-likeness (QED) is 0.847. The number of hydrogen-bond acceptors (Lipinski definition) is 3. The van der Waals surface area contributed by atoms with Gasteiger partial charge in [0.1, 0.15) is 11.5 Å². The van der Waals surface area contributed by atoms with Crippen molar-refractivity contribution in [2.75, 3.05) is 0 Å². The van der Waals surface area contributed by atoms with E-state index in [1.807, 2.05) is 25.3 Å². The lowest BCUT2D eigenvalue weighted by atomic mass is 10.1. The lowest BCUT2D eigenvalue weighted by Crippen LogP contribution is -1.95. The Morgan fingerprint density at radius 2 is 2.07 bits per heavy atom. The summed E-state index contributed by atoms with van der Waals surface area (Å²) in [6, 6.07) is 1.86. The van der Waals surface area contributed by atoms with Crippen molar-refractivity contribution >= 4 is 17.3 Å². The summed E-state index contributed by atoms with van der Waals surface area (Å²) in [4.78, 5) is 11.0. The summed E-state index contributed by atoms with van der Waals surface area (Å²) in [6.45, 7) is 3.69. The van der Waals surface area contributed by atoms with Crippen LogP contribution in [0.25, 0.3) is 11.1 Å². The molecule has 1 N–H and O–H groups in total. The summed E-state index contributed by atoms with van der Waals surface area (Å²) in [7, 11) is 0. The van der Waals surface area contributed by atoms with Gasteiger partial charge in [0, 0.05) is 16.5 Å². The molecule has 2 aromatic rings. The zero-order valence-corrected chi connectivity index (χ0v) is 9.22. The molecule has 0 amide bonds. The van der Waals surface area contributed by atoms with E-state index < -0.39 is 5.97 Å². The zero-order chi connectivity index (χ0) is 11.0. The molecule has 0 saturated heterocycles. The van der Waals surface area contributed by atoms with Crippen LogP contribution in [0.1, 0.15) is 21.9 Å². The molecule has 0 aliphatic heterocycles. The number of aromatic carboxylic acids is 1. The van der Waals surface area contributed by atoms with E-state index >= 15 is 0 Å². The van der Waals surface area contributed by atoms with Crippen molar-refractivity contribution in [2.45, 2.75) is 13.8 Å². The standard InChI is InChI=1S/C11H10O3S/c1-6-3-8(7(2)14-6)9-4-15-5-10(9)11(12)13/h3-5H,1-2H3,(H,12,13). The lowest BCUT2D eigenvalue weighted by molar-refractivity contribution is 0.0698. The molecule has 0 aliphatic carbocycles. The lowest BCUT2D eigenvalue weighted by Gasteiger charge is -1.97. The molecule has 78 valence electrons. The number of furan rings is 1. The summed E-state index contributed by atoms with van der Waals surface area (Å²) >= 11 is 1.38. The molecule has 3 nitrogen and oxygen atoms in total. The van der Waals surface area contributed by atoms with Gasteiger partial charge in [0.05, 0.1) is 5.56 Å². The monoisotopic (exact) mass is 222 g/mol. The van der Waals surface area contributed by atoms with Gasteiger partial charge in [-0.05, 0) is 25.3 Å². The first-order valence-corrected chi connectivity index (χ1v) is 5.40. The van der Waals surface area contributed by atoms with Gasteiger partial charge in [0.2, 0.25) is 0 Å². The fraction of sp³-hybridized carbons (Fsp3) is 0.182. The van der Waals surface area contributed by atoms with E-state index in [1.165, 1.54) is 11.3 Å². The van der Waals surface area contributed by atoms with E-state index in [0.29, 0.717) is 5.56 Å². The van der Waals surface area contributed by atoms with Crippen LogP contribution >= 0.6 is 11.3 Å². The average Bonchev–Trinajstić information content (AvgIpc) is 2.71. The van der Waals surface area contributed by atoms with Crippen molar-refractivity contribution in [3.8, 4) is 11.1 Å². The molecule has 0 aliphatic rings. The van der Waals surface area contributed by atoms with Crippen LogP contribution in [0.2, 0.25) is 0 Å². The maximum absolute atomic E-state index is 11.0. The third-order valence-corrected chi connectivity index (χ3v) is 2.97. The molecule has 15 heavy (non-hydrogen) atoms. The third kappa shape index (κ3) is 1.68. The Labute approximate surface area is 91.0 Å². The number of carbonyl (C=O) groups is 1. The minimum absolute atomic E-state index is 0.337. The third-order valence-electron chi connectivity index (χ3n) is 2.22. The number of rotatable bonds is 2. The molecule has 2 heterocycles. The van der Waals surface area contributed by atoms with E-state index in [0.717, 1.165) is 22.6 Å². The molecule has 0 aromatic carbocycles. The van der Waals surface area contributed by atoms with Crippen LogP contribution in [0.3, 0.4) is 0 Å². The second kappa shape index (κ2) is 3.55. The SMILES string of the molecule is Cc1cc(-c2cscc2C(=O)O)c(C)o1. The maximum atomic E-state index is 11.0. The van der Waals surface area contributed by atoms with Gasteiger partial charge >= 0.3 is 5.97 Å². The Hall–Kier alpha value is -1.55. The maximum Gasteiger partial charge on any atom is 0.337 e. The Bertz CT molecular complexity index is 508. The van der Waals surface area contributed by atoms with Crippen molar-refractivity contribution in [1.82, 2.24) is 0 Å². The summed E-state index contributed by atoms with van der Waals surface area (Å²) in [5.74, 6) is 0.656. The Morgan fingerprint density at radius 3 is 2.60 bits per heavy atom. The molecule has 0 spiro atoms. The minimum Gasteiger partial charge on any atom is -0.478 e. The largest absolute Gasteiger partial charge is 0.478 e. The highest BCUT2D eigenvalue weighted by Gasteiger charge is 2.16. The minimum atomic E-state index is -0.899. The van der Waals surface area contributed by atoms with Crippen molar-refractivity contribution < 1.29 is 14.3 Å². The van der Waals surface area contributed by atoms with Crippen LogP contribution in [0, 0.1) is 13.8 Å². The van der Waals surface area contributed by atoms with Gasteiger partial charge in [-0.25, -0.2) is 4.79 Å². The van der Waals surface area contributed by atoms with Crippen molar-refractivity contribution in [1.29, 1.82) is 0 Å². The molecule has 2 aromatic heterocycles. The molecule has 4 heteroatoms. The first kappa shape index (κ1) is 9.98. The molecule has 0 unspecified atom stereocenters. The van der Waals surface area contributed by atoms with Crippen LogP contribution in [0.4, 0.5) is 0 Å². The Balaban J connectivity index is 2.58. The van der Waals surface area contributed by atoms with Crippen molar-refractivity contribution in [2.24, 2.45) is 0 Å². The molecule has 0 radical (unpaired) electrons. The topological polar surface area (TPSA) is 50.4 Å². The van der Waals surface area contributed by atoms with Gasteiger partial charge in [-0.3, -0.25) is 0 Å². The molecule has 0 saturated carbocycles. The van der Waals surface area contributed by atoms with Crippen molar-refractivity contribution in [3.05, 3.63) is 33.9 Å². The number of carboxylic acid groups (broad SMARTS) is 1. The normalized spacial score (nSPS) is 10.5. The predicted molar refractivity (Wildman–Crippen MR) is 58.5 cm³/mol. The Morgan fingerprint density at radius 1 is 1.33 bits per heavy atom. The van der Waals surface area contributed by atoms with Crippen LogP contribution in [0.15, 0.2) is 21.2 Å². The second-order valence-electron chi connectivity index (χ2n) is 3.33. The number of thiophene rings is 1. The highest BCUT2D eigenvalue weighted by atomic mass is 32.1. The highest BCUT2D eigenvalue weighted by molar-refractivity contribution is 7.08. The molecule has 0 atom stereocenters. The molecular weight excluding hydrogens is 212 g/mol. The fourth-order valence-corrected chi connectivity index (χ4v) is 2.39. The Kier molecular flexibility index (Phi) is 2.36. The van der Waals surface area contributed by atoms with Gasteiger partial charge in [0.15, 0.2) is 0 Å². The molecular formula is C11H10O3S. The summed E-state index contributed by atoms with van der Waals surface area (Å²) in [6.07, 6.45) is 0. The zero-order valence-electron chi connectivity index (χ0n) is 8.40. The number of aryl methyl sites for hydroxylation is 2. The van der Waals surface area contributed by atoms with Gasteiger partial charge in [0.25, 0.3) is 0 Å². The van der Waals surface area contributed by atoms with E-state index in [9.17, 15) is 4.79 Å². The van der Waals surface area contributed by atoms with Gasteiger partial charge in [-0.15, -0.1) is 0 Å². The smallest absolute Gasteiger partial charge is 0.337 e. The summed E-state index contributed by atoms with van der Waals surface area (Å²) in [5, 5.41) is 12.5. The van der Waals surface area contributed by atoms with E-state index in [1.54, 1.807) is 5.38 Å². The van der Waals surface area contributed by atoms with E-state index in [2.05, 4.69) is 0 Å². The summed E-state index contributed by atoms with van der Waals surface area (Å²) < 4.78 is 5.38. The first-order valence-electron chi connectivity index (χ1n) is 4.46. The van der Waals surface area contributed by atoms with Crippen molar-refractivity contribution in [3.63, 3.8) is 0 Å². The molecule has 2 rings (SSSR count). The van der Waals surface area contributed by atoms with Crippen LogP contribution in [0.5, 0.6) is 0 Å². The van der Waals surface area contributed by atoms with Gasteiger partial charge in [-0.1, -0.05) is 0 Å².